The number of furan rings is 1. The number of anilines is 1. The highest BCUT2D eigenvalue weighted by Gasteiger charge is 2.29. The normalized spacial score (nSPS) is 11.7. The minimum Gasteiger partial charge on any atom is -0.439 e. The van der Waals surface area contributed by atoms with Gasteiger partial charge in [-0.1, -0.05) is 12.1 Å². The van der Waals surface area contributed by atoms with Crippen molar-refractivity contribution in [1.29, 1.82) is 0 Å². The zero-order valence-electron chi connectivity index (χ0n) is 16.5. The van der Waals surface area contributed by atoms with Gasteiger partial charge in [0.2, 0.25) is 5.88 Å². The number of nitrogens with zero attached hydrogens (tertiary/aromatic N) is 1. The summed E-state index contributed by atoms with van der Waals surface area (Å²) in [5.41, 5.74) is -0.476. The van der Waals surface area contributed by atoms with E-state index >= 15 is 0 Å². The van der Waals surface area contributed by atoms with Gasteiger partial charge >= 0.3 is 5.63 Å². The first-order valence-electron chi connectivity index (χ1n) is 9.21. The van der Waals surface area contributed by atoms with E-state index in [9.17, 15) is 19.7 Å². The second-order valence-electron chi connectivity index (χ2n) is 7.90. The third kappa shape index (κ3) is 3.32. The van der Waals surface area contributed by atoms with Crippen molar-refractivity contribution in [3.63, 3.8) is 0 Å². The molecule has 152 valence electrons. The van der Waals surface area contributed by atoms with Crippen molar-refractivity contribution in [1.82, 2.24) is 0 Å². The molecule has 0 spiro atoms. The van der Waals surface area contributed by atoms with E-state index in [2.05, 4.69) is 5.32 Å². The van der Waals surface area contributed by atoms with Crippen LogP contribution in [0.3, 0.4) is 0 Å². The number of para-hydroxylation sites is 1. The first-order chi connectivity index (χ1) is 14.2. The fraction of sp³-hybridized carbons (Fsp3) is 0.182. The molecular formula is C22H18N2O6. The van der Waals surface area contributed by atoms with Crippen LogP contribution in [0.15, 0.2) is 62.2 Å². The van der Waals surface area contributed by atoms with Crippen LogP contribution in [-0.4, -0.2) is 16.2 Å². The Hall–Kier alpha value is -3.94. The summed E-state index contributed by atoms with van der Waals surface area (Å²) in [5.74, 6) is -0.359. The Morgan fingerprint density at radius 2 is 1.70 bits per heavy atom. The molecule has 0 saturated carbocycles. The number of non-ortho nitro benzene ring substituents is 1. The van der Waals surface area contributed by atoms with E-state index in [4.69, 9.17) is 8.83 Å². The number of nitrogens with one attached hydrogen (secondary N) is 1. The number of nitro groups is 1. The molecule has 4 rings (SSSR count). The first-order valence-corrected chi connectivity index (χ1v) is 9.21. The first kappa shape index (κ1) is 19.4. The van der Waals surface area contributed by atoms with Crippen LogP contribution in [0.5, 0.6) is 0 Å². The summed E-state index contributed by atoms with van der Waals surface area (Å²) in [6.45, 7) is 5.67. The lowest BCUT2D eigenvalue weighted by molar-refractivity contribution is -0.384. The average Bonchev–Trinajstić information content (AvgIpc) is 3.05. The van der Waals surface area contributed by atoms with Gasteiger partial charge in [0, 0.05) is 23.2 Å². The number of hydrogen-bond donors (Lipinski definition) is 1. The van der Waals surface area contributed by atoms with Crippen LogP contribution < -0.4 is 10.9 Å². The summed E-state index contributed by atoms with van der Waals surface area (Å²) in [6, 6.07) is 12.1. The molecule has 0 saturated heterocycles. The molecule has 0 aliphatic carbocycles. The highest BCUT2D eigenvalue weighted by Crippen LogP contribution is 2.35. The summed E-state index contributed by atoms with van der Waals surface area (Å²) in [7, 11) is 0. The lowest BCUT2D eigenvalue weighted by Crippen LogP contribution is -2.27. The molecule has 30 heavy (non-hydrogen) atoms. The summed E-state index contributed by atoms with van der Waals surface area (Å²) >= 11 is 0. The maximum atomic E-state index is 13.3. The van der Waals surface area contributed by atoms with E-state index in [1.54, 1.807) is 24.3 Å². The van der Waals surface area contributed by atoms with E-state index in [0.717, 1.165) is 0 Å². The monoisotopic (exact) mass is 406 g/mol. The number of carbonyl (C=O) groups excluding carboxylic acids is 1. The molecule has 8 heteroatoms. The van der Waals surface area contributed by atoms with E-state index < -0.39 is 21.9 Å². The fourth-order valence-electron chi connectivity index (χ4n) is 3.23. The van der Waals surface area contributed by atoms with Crippen molar-refractivity contribution >= 4 is 39.3 Å². The minimum atomic E-state index is -0.695. The quantitative estimate of drug-likeness (QED) is 0.222. The SMILES string of the molecule is CC(C)(C)Nc1oc2c(c1C(=O)c1ccc([N+](=O)[O-])cc1)c(=O)oc1ccccc12. The largest absolute Gasteiger partial charge is 0.439 e. The number of rotatable bonds is 4. The molecule has 0 radical (unpaired) electrons. The highest BCUT2D eigenvalue weighted by atomic mass is 16.6. The minimum absolute atomic E-state index is 0.0313. The van der Waals surface area contributed by atoms with Crippen molar-refractivity contribution in [2.45, 2.75) is 26.3 Å². The van der Waals surface area contributed by atoms with Crippen molar-refractivity contribution in [2.75, 3.05) is 5.32 Å². The molecule has 0 atom stereocenters. The molecular weight excluding hydrogens is 388 g/mol. The van der Waals surface area contributed by atoms with Crippen LogP contribution in [0, 0.1) is 10.1 Å². The smallest absolute Gasteiger partial charge is 0.348 e. The van der Waals surface area contributed by atoms with Gasteiger partial charge in [-0.3, -0.25) is 14.9 Å². The van der Waals surface area contributed by atoms with Crippen molar-refractivity contribution < 1.29 is 18.6 Å². The van der Waals surface area contributed by atoms with Crippen molar-refractivity contribution in [2.24, 2.45) is 0 Å². The number of benzene rings is 2. The number of nitro benzene ring substituents is 1. The number of fused-ring (bicyclic) bond motifs is 3. The molecule has 0 aliphatic heterocycles. The van der Waals surface area contributed by atoms with Crippen molar-refractivity contribution in [3.8, 4) is 0 Å². The predicted molar refractivity (Wildman–Crippen MR) is 112 cm³/mol. The van der Waals surface area contributed by atoms with Gasteiger partial charge in [0.1, 0.15) is 16.5 Å². The molecule has 0 unspecified atom stereocenters. The van der Waals surface area contributed by atoms with Crippen LogP contribution in [0.1, 0.15) is 36.7 Å². The maximum absolute atomic E-state index is 13.3. The van der Waals surface area contributed by atoms with Gasteiger partial charge in [0.25, 0.3) is 5.69 Å². The van der Waals surface area contributed by atoms with E-state index in [-0.39, 0.29) is 33.7 Å². The van der Waals surface area contributed by atoms with Crippen LogP contribution in [0.25, 0.3) is 21.9 Å². The van der Waals surface area contributed by atoms with Gasteiger partial charge in [-0.05, 0) is 45.0 Å². The van der Waals surface area contributed by atoms with Gasteiger partial charge in [0.05, 0.1) is 10.3 Å². The Morgan fingerprint density at radius 3 is 2.33 bits per heavy atom. The number of ketones is 1. The zero-order valence-corrected chi connectivity index (χ0v) is 16.5. The molecule has 2 aromatic heterocycles. The number of hydrogen-bond acceptors (Lipinski definition) is 7. The third-order valence-corrected chi connectivity index (χ3v) is 4.50. The summed E-state index contributed by atoms with van der Waals surface area (Å²) < 4.78 is 11.4. The van der Waals surface area contributed by atoms with E-state index in [1.807, 2.05) is 20.8 Å². The van der Waals surface area contributed by atoms with Gasteiger partial charge in [-0.2, -0.15) is 0 Å². The lowest BCUT2D eigenvalue weighted by Gasteiger charge is -2.20. The van der Waals surface area contributed by atoms with E-state index in [1.165, 1.54) is 24.3 Å². The zero-order chi connectivity index (χ0) is 21.6. The van der Waals surface area contributed by atoms with Crippen LogP contribution in [-0.2, 0) is 0 Å². The van der Waals surface area contributed by atoms with Crippen molar-refractivity contribution in [3.05, 3.63) is 80.2 Å². The van der Waals surface area contributed by atoms with Gasteiger partial charge in [-0.25, -0.2) is 4.79 Å². The Kier molecular flexibility index (Phi) is 4.42. The molecule has 8 nitrogen and oxygen atoms in total. The van der Waals surface area contributed by atoms with E-state index in [0.29, 0.717) is 11.0 Å². The molecule has 2 heterocycles. The highest BCUT2D eigenvalue weighted by molar-refractivity contribution is 6.21. The maximum Gasteiger partial charge on any atom is 0.348 e. The summed E-state index contributed by atoms with van der Waals surface area (Å²) in [6.07, 6.45) is 0. The topological polar surface area (TPSA) is 116 Å². The Bertz CT molecular complexity index is 1360. The Labute approximate surface area is 170 Å². The van der Waals surface area contributed by atoms with Gasteiger partial charge in [-0.15, -0.1) is 0 Å². The summed E-state index contributed by atoms with van der Waals surface area (Å²) in [4.78, 5) is 36.5. The average molecular weight is 406 g/mol. The predicted octanol–water partition coefficient (Wildman–Crippen LogP) is 4.89. The lowest BCUT2D eigenvalue weighted by atomic mass is 10.0. The molecule has 2 aromatic carbocycles. The Balaban J connectivity index is 1.99. The summed E-state index contributed by atoms with van der Waals surface area (Å²) in [5, 5.41) is 14.6. The number of carbonyl (C=O) groups is 1. The fourth-order valence-corrected chi connectivity index (χ4v) is 3.23. The standard InChI is InChI=1S/C22H18N2O6/c1-22(2,3)23-20-16(18(25)12-8-10-13(11-9-12)24(27)28)17-19(30-20)14-6-4-5-7-15(14)29-21(17)26/h4-11,23H,1-3H3. The Morgan fingerprint density at radius 1 is 1.03 bits per heavy atom. The van der Waals surface area contributed by atoms with Crippen LogP contribution in [0.2, 0.25) is 0 Å². The third-order valence-electron chi connectivity index (χ3n) is 4.50. The van der Waals surface area contributed by atoms with Crippen LogP contribution in [0.4, 0.5) is 11.6 Å². The van der Waals surface area contributed by atoms with Crippen LogP contribution >= 0.6 is 0 Å². The molecule has 1 N–H and O–H groups in total. The molecule has 0 fully saturated rings. The second kappa shape index (κ2) is 6.84. The molecule has 0 amide bonds. The molecule has 4 aromatic rings. The van der Waals surface area contributed by atoms with Gasteiger partial charge < -0.3 is 14.2 Å². The molecule has 0 bridgehead atoms. The van der Waals surface area contributed by atoms with Gasteiger partial charge in [0.15, 0.2) is 11.4 Å². The molecule has 0 aliphatic rings. The second-order valence-corrected chi connectivity index (χ2v) is 7.90.